The molecule has 1 aliphatic heterocycles. The van der Waals surface area contributed by atoms with Gasteiger partial charge in [-0.3, -0.25) is 14.5 Å². The van der Waals surface area contributed by atoms with Crippen molar-refractivity contribution in [1.29, 1.82) is 0 Å². The largest absolute Gasteiger partial charge is 0.349 e. The van der Waals surface area contributed by atoms with E-state index < -0.39 is 17.0 Å². The second-order valence-electron chi connectivity index (χ2n) is 6.56. The number of allylic oxidation sites excluding steroid dienone is 1. The molecule has 0 spiro atoms. The second-order valence-corrected chi connectivity index (χ2v) is 7.29. The Morgan fingerprint density at radius 3 is 2.80 bits per heavy atom. The molecule has 0 fully saturated rings. The summed E-state index contributed by atoms with van der Waals surface area (Å²) in [6.07, 6.45) is 1.90. The van der Waals surface area contributed by atoms with Gasteiger partial charge in [0.1, 0.15) is 17.2 Å². The van der Waals surface area contributed by atoms with Gasteiger partial charge in [-0.2, -0.15) is 13.9 Å². The fourth-order valence-corrected chi connectivity index (χ4v) is 3.16. The summed E-state index contributed by atoms with van der Waals surface area (Å²) in [5.41, 5.74) is -2.42. The van der Waals surface area contributed by atoms with Crippen molar-refractivity contribution in [1.82, 2.24) is 15.1 Å². The first kappa shape index (κ1) is 21.9. The molecular weight excluding hydrogens is 414 g/mol. The third kappa shape index (κ3) is 4.67. The van der Waals surface area contributed by atoms with Gasteiger partial charge in [0.2, 0.25) is 0 Å². The number of aliphatic imine (C=N–C) groups is 2. The summed E-state index contributed by atoms with van der Waals surface area (Å²) in [4.78, 5) is 20.7. The molecule has 2 aromatic rings. The Hall–Kier alpha value is -2.80. The van der Waals surface area contributed by atoms with Crippen LogP contribution in [0.5, 0.6) is 0 Å². The molecule has 0 saturated carbocycles. The van der Waals surface area contributed by atoms with Gasteiger partial charge in [-0.1, -0.05) is 21.4 Å². The molecule has 1 N–H and O–H groups in total. The molecule has 1 atom stereocenters. The predicted molar refractivity (Wildman–Crippen MR) is 113 cm³/mol. The highest BCUT2D eigenvalue weighted by Gasteiger charge is 2.26. The van der Waals surface area contributed by atoms with Gasteiger partial charge in [0.25, 0.3) is 11.6 Å². The minimum atomic E-state index is -3.24. The monoisotopic (exact) mass is 435 g/mol. The van der Waals surface area contributed by atoms with Crippen LogP contribution in [0.4, 0.5) is 13.2 Å². The zero-order valence-corrected chi connectivity index (χ0v) is 17.5. The molecule has 10 heteroatoms. The normalized spacial score (nSPS) is 15.0. The van der Waals surface area contributed by atoms with Crippen molar-refractivity contribution in [2.24, 2.45) is 9.98 Å². The smallest absolute Gasteiger partial charge is 0.283 e. The molecule has 1 unspecified atom stereocenters. The van der Waals surface area contributed by atoms with Crippen LogP contribution in [-0.4, -0.2) is 40.3 Å². The number of halogens is 3. The Balaban J connectivity index is 2.05. The third-order valence-electron chi connectivity index (χ3n) is 4.40. The molecule has 0 aliphatic carbocycles. The lowest BCUT2D eigenvalue weighted by Gasteiger charge is -2.13. The number of rotatable bonds is 6. The molecule has 1 amide bonds. The van der Waals surface area contributed by atoms with E-state index in [1.807, 2.05) is 0 Å². The van der Waals surface area contributed by atoms with Crippen molar-refractivity contribution in [3.05, 3.63) is 65.3 Å². The molecule has 0 bridgehead atoms. The number of carbonyl (C=O) groups is 1. The lowest BCUT2D eigenvalue weighted by Crippen LogP contribution is -2.35. The molecule has 2 heterocycles. The van der Waals surface area contributed by atoms with E-state index >= 15 is 0 Å². The van der Waals surface area contributed by atoms with Crippen molar-refractivity contribution in [3.63, 3.8) is 0 Å². The van der Waals surface area contributed by atoms with Crippen LogP contribution in [0.25, 0.3) is 0 Å². The van der Waals surface area contributed by atoms with E-state index in [4.69, 9.17) is 0 Å². The predicted octanol–water partition coefficient (Wildman–Crippen LogP) is 3.52. The first-order valence-corrected chi connectivity index (χ1v) is 9.88. The van der Waals surface area contributed by atoms with Crippen LogP contribution >= 0.6 is 9.24 Å². The maximum absolute atomic E-state index is 14.6. The quantitative estimate of drug-likeness (QED) is 0.326. The molecule has 6 nitrogen and oxygen atoms in total. The van der Waals surface area contributed by atoms with E-state index in [2.05, 4.69) is 27.0 Å². The van der Waals surface area contributed by atoms with Crippen LogP contribution in [0.1, 0.15) is 40.7 Å². The first-order chi connectivity index (χ1) is 14.2. The maximum atomic E-state index is 14.6. The molecule has 0 radical (unpaired) electrons. The third-order valence-corrected chi connectivity index (χ3v) is 4.73. The van der Waals surface area contributed by atoms with Crippen LogP contribution in [0.15, 0.2) is 46.9 Å². The van der Waals surface area contributed by atoms with Gasteiger partial charge in [0.15, 0.2) is 5.84 Å². The van der Waals surface area contributed by atoms with Crippen LogP contribution in [0, 0.1) is 5.82 Å². The number of nitrogens with zero attached hydrogens (tertiary/aromatic N) is 4. The number of hydrogen-bond acceptors (Lipinski definition) is 3. The van der Waals surface area contributed by atoms with Crippen LogP contribution in [0.3, 0.4) is 0 Å². The molecule has 158 valence electrons. The Kier molecular flexibility index (Phi) is 6.51. The summed E-state index contributed by atoms with van der Waals surface area (Å²) in [6.45, 7) is 6.77. The highest BCUT2D eigenvalue weighted by atomic mass is 31.0. The fraction of sp³-hybridized carbons (Fsp3) is 0.300. The average Bonchev–Trinajstić information content (AvgIpc) is 3.12. The number of carbonyl (C=O) groups excluding carboxylic acids is 1. The minimum Gasteiger partial charge on any atom is -0.349 e. The van der Waals surface area contributed by atoms with Crippen LogP contribution < -0.4 is 5.32 Å². The highest BCUT2D eigenvalue weighted by Crippen LogP contribution is 2.35. The van der Waals surface area contributed by atoms with E-state index in [0.29, 0.717) is 43.2 Å². The van der Waals surface area contributed by atoms with Crippen LogP contribution in [-0.2, 0) is 12.2 Å². The number of hydrogen-bond donors (Lipinski definition) is 1. The van der Waals surface area contributed by atoms with Crippen molar-refractivity contribution >= 4 is 26.7 Å². The summed E-state index contributed by atoms with van der Waals surface area (Å²) >= 11 is 0. The zero-order chi connectivity index (χ0) is 21.9. The van der Waals surface area contributed by atoms with E-state index in [9.17, 15) is 18.0 Å². The van der Waals surface area contributed by atoms with Crippen molar-refractivity contribution < 1.29 is 18.0 Å². The van der Waals surface area contributed by atoms with E-state index in [1.165, 1.54) is 15.3 Å². The Labute approximate surface area is 174 Å². The number of amides is 1. The Bertz CT molecular complexity index is 1040. The van der Waals surface area contributed by atoms with Gasteiger partial charge >= 0.3 is 0 Å². The van der Waals surface area contributed by atoms with E-state index in [1.54, 1.807) is 23.7 Å². The summed E-state index contributed by atoms with van der Waals surface area (Å²) in [5, 5.41) is 7.16. The molecular formula is C20H21F3N5OP. The average molecular weight is 435 g/mol. The van der Waals surface area contributed by atoms with Crippen molar-refractivity contribution in [2.45, 2.75) is 25.6 Å². The fourth-order valence-electron chi connectivity index (χ4n) is 2.98. The maximum Gasteiger partial charge on any atom is 0.283 e. The number of fused-ring (bicyclic) bond motifs is 1. The minimum absolute atomic E-state index is 0.00173. The Morgan fingerprint density at radius 2 is 2.20 bits per heavy atom. The van der Waals surface area contributed by atoms with Gasteiger partial charge in [-0.05, 0) is 25.1 Å². The number of nitrogens with one attached hydrogen (secondary N) is 1. The topological polar surface area (TPSA) is 71.6 Å². The van der Waals surface area contributed by atoms with Gasteiger partial charge in [0, 0.05) is 25.1 Å². The summed E-state index contributed by atoms with van der Waals surface area (Å²) in [6, 6.07) is 4.75. The van der Waals surface area contributed by atoms with Crippen molar-refractivity contribution in [2.75, 3.05) is 13.1 Å². The molecule has 30 heavy (non-hydrogen) atoms. The van der Waals surface area contributed by atoms with Gasteiger partial charge in [0.05, 0.1) is 17.8 Å². The van der Waals surface area contributed by atoms with Crippen molar-refractivity contribution in [3.8, 4) is 0 Å². The second kappa shape index (κ2) is 8.92. The summed E-state index contributed by atoms with van der Waals surface area (Å²) in [7, 11) is 1.38. The lowest BCUT2D eigenvalue weighted by molar-refractivity contribution is 0.0924. The first-order valence-electron chi connectivity index (χ1n) is 9.31. The molecule has 1 aromatic heterocycles. The number of alkyl halides is 2. The molecule has 1 aromatic carbocycles. The van der Waals surface area contributed by atoms with E-state index in [0.717, 1.165) is 12.1 Å². The highest BCUT2D eigenvalue weighted by molar-refractivity contribution is 7.17. The lowest BCUT2D eigenvalue weighted by atomic mass is 10.1. The van der Waals surface area contributed by atoms with Gasteiger partial charge in [-0.25, -0.2) is 9.38 Å². The van der Waals surface area contributed by atoms with Crippen LogP contribution in [0.2, 0.25) is 0 Å². The SMILES string of the molecule is C=CCC(=NC(=NCC)c1ccc(C(F)(F)P)cc1F)c1cc2n(n1)CCNC2=O. The van der Waals surface area contributed by atoms with Gasteiger partial charge in [-0.15, -0.1) is 6.58 Å². The summed E-state index contributed by atoms with van der Waals surface area (Å²) in [5.74, 6) is -1.03. The standard InChI is InChI=1S/C20H21F3N5OP/c1-3-5-15(16-11-17-19(29)25-8-9-28(17)27-16)26-18(24-4-2)13-7-6-12(10-14(13)21)20(22,23)30/h3,6-7,10-11H,1,4-5,8-9,30H2,2H3,(H,25,29). The molecule has 3 rings (SSSR count). The number of benzene rings is 1. The molecule has 1 aliphatic rings. The summed E-state index contributed by atoms with van der Waals surface area (Å²) < 4.78 is 43.2. The van der Waals surface area contributed by atoms with Gasteiger partial charge < -0.3 is 5.32 Å². The zero-order valence-electron chi connectivity index (χ0n) is 16.3. The number of amidine groups is 1. The number of aromatic nitrogens is 2. The van der Waals surface area contributed by atoms with E-state index in [-0.39, 0.29) is 17.3 Å². The Morgan fingerprint density at radius 1 is 1.43 bits per heavy atom. The molecule has 0 saturated heterocycles.